The molecule has 1 heterocycles. The van der Waals surface area contributed by atoms with E-state index in [0.29, 0.717) is 31.9 Å². The average molecular weight is 453 g/mol. The number of rotatable bonds is 6. The summed E-state index contributed by atoms with van der Waals surface area (Å²) in [5.74, 6) is 0.865. The number of ether oxygens (including phenoxy) is 1. The van der Waals surface area contributed by atoms with Gasteiger partial charge in [-0.25, -0.2) is 8.42 Å². The zero-order valence-corrected chi connectivity index (χ0v) is 19.1. The molecule has 168 valence electrons. The Morgan fingerprint density at radius 3 is 2.09 bits per heavy atom. The first-order chi connectivity index (χ1) is 15.4. The Kier molecular flexibility index (Phi) is 6.50. The molecular formula is C25H28N2O4S. The number of sulfonamides is 1. The molecule has 1 atom stereocenters. The van der Waals surface area contributed by atoms with Gasteiger partial charge >= 0.3 is 0 Å². The number of aromatic hydroxyl groups is 1. The van der Waals surface area contributed by atoms with Crippen molar-refractivity contribution in [1.82, 2.24) is 9.21 Å². The molecule has 1 unspecified atom stereocenters. The molecular weight excluding hydrogens is 424 g/mol. The highest BCUT2D eigenvalue weighted by Gasteiger charge is 2.33. The number of para-hydroxylation sites is 1. The molecule has 1 aliphatic rings. The lowest BCUT2D eigenvalue weighted by molar-refractivity contribution is 0.154. The van der Waals surface area contributed by atoms with Gasteiger partial charge in [0.1, 0.15) is 11.5 Å². The van der Waals surface area contributed by atoms with Gasteiger partial charge in [0, 0.05) is 31.7 Å². The molecule has 0 spiro atoms. The van der Waals surface area contributed by atoms with Gasteiger partial charge in [-0.2, -0.15) is 4.31 Å². The third kappa shape index (κ3) is 4.50. The normalized spacial score (nSPS) is 16.6. The molecule has 3 aromatic rings. The van der Waals surface area contributed by atoms with Crippen molar-refractivity contribution in [3.05, 3.63) is 89.5 Å². The third-order valence-corrected chi connectivity index (χ3v) is 7.87. The fourth-order valence-corrected chi connectivity index (χ4v) is 5.58. The van der Waals surface area contributed by atoms with Gasteiger partial charge in [0.05, 0.1) is 18.0 Å². The van der Waals surface area contributed by atoms with Crippen LogP contribution in [0.3, 0.4) is 0 Å². The van der Waals surface area contributed by atoms with Crippen LogP contribution in [0.25, 0.3) is 0 Å². The van der Waals surface area contributed by atoms with Crippen molar-refractivity contribution >= 4 is 10.0 Å². The van der Waals surface area contributed by atoms with E-state index < -0.39 is 10.0 Å². The fourth-order valence-electron chi connectivity index (χ4n) is 4.15. The number of hydrogen-bond acceptors (Lipinski definition) is 5. The molecule has 0 bridgehead atoms. The van der Waals surface area contributed by atoms with Crippen molar-refractivity contribution in [2.45, 2.75) is 17.9 Å². The van der Waals surface area contributed by atoms with Crippen molar-refractivity contribution in [2.75, 3.05) is 33.3 Å². The van der Waals surface area contributed by atoms with Gasteiger partial charge in [-0.1, -0.05) is 48.0 Å². The summed E-state index contributed by atoms with van der Waals surface area (Å²) in [6.45, 7) is 3.92. The topological polar surface area (TPSA) is 70.1 Å². The van der Waals surface area contributed by atoms with Crippen LogP contribution in [-0.4, -0.2) is 56.0 Å². The molecule has 7 heteroatoms. The minimum atomic E-state index is -3.58. The summed E-state index contributed by atoms with van der Waals surface area (Å²) in [5.41, 5.74) is 3.06. The Morgan fingerprint density at radius 2 is 1.50 bits per heavy atom. The van der Waals surface area contributed by atoms with Gasteiger partial charge in [0.15, 0.2) is 0 Å². The van der Waals surface area contributed by atoms with Crippen LogP contribution in [0.2, 0.25) is 0 Å². The highest BCUT2D eigenvalue weighted by molar-refractivity contribution is 7.89. The summed E-state index contributed by atoms with van der Waals surface area (Å²) in [5, 5.41) is 10.6. The summed E-state index contributed by atoms with van der Waals surface area (Å²) in [6, 6.07) is 22.0. The highest BCUT2D eigenvalue weighted by atomic mass is 32.2. The summed E-state index contributed by atoms with van der Waals surface area (Å²) in [7, 11) is -2.02. The van der Waals surface area contributed by atoms with E-state index >= 15 is 0 Å². The van der Waals surface area contributed by atoms with Crippen LogP contribution < -0.4 is 4.74 Å². The number of nitrogens with zero attached hydrogens (tertiary/aromatic N) is 2. The van der Waals surface area contributed by atoms with Crippen molar-refractivity contribution < 1.29 is 18.3 Å². The molecule has 3 aromatic carbocycles. The largest absolute Gasteiger partial charge is 0.508 e. The van der Waals surface area contributed by atoms with Crippen LogP contribution in [0.4, 0.5) is 0 Å². The number of phenolic OH excluding ortho intramolecular Hbond substituents is 1. The van der Waals surface area contributed by atoms with Gasteiger partial charge < -0.3 is 9.84 Å². The van der Waals surface area contributed by atoms with Gasteiger partial charge in [-0.3, -0.25) is 4.90 Å². The van der Waals surface area contributed by atoms with Crippen LogP contribution in [0, 0.1) is 6.92 Å². The van der Waals surface area contributed by atoms with Crippen molar-refractivity contribution in [2.24, 2.45) is 0 Å². The van der Waals surface area contributed by atoms with Crippen molar-refractivity contribution in [3.63, 3.8) is 0 Å². The monoisotopic (exact) mass is 452 g/mol. The van der Waals surface area contributed by atoms with E-state index in [1.807, 2.05) is 25.1 Å². The van der Waals surface area contributed by atoms with Crippen LogP contribution in [0.1, 0.15) is 22.7 Å². The van der Waals surface area contributed by atoms with E-state index in [1.165, 1.54) is 9.87 Å². The predicted octanol–water partition coefficient (Wildman–Crippen LogP) is 3.81. The second kappa shape index (κ2) is 9.32. The van der Waals surface area contributed by atoms with Crippen LogP contribution in [0.5, 0.6) is 11.5 Å². The lowest BCUT2D eigenvalue weighted by Crippen LogP contribution is -2.49. The Morgan fingerprint density at radius 1 is 0.875 bits per heavy atom. The van der Waals surface area contributed by atoms with E-state index in [1.54, 1.807) is 37.4 Å². The molecule has 0 saturated carbocycles. The van der Waals surface area contributed by atoms with Crippen LogP contribution in [-0.2, 0) is 10.0 Å². The van der Waals surface area contributed by atoms with E-state index in [0.717, 1.165) is 11.1 Å². The van der Waals surface area contributed by atoms with E-state index in [-0.39, 0.29) is 16.7 Å². The summed E-state index contributed by atoms with van der Waals surface area (Å²) < 4.78 is 32.9. The summed E-state index contributed by atoms with van der Waals surface area (Å²) in [6.07, 6.45) is 0. The third-order valence-electron chi connectivity index (χ3n) is 5.96. The lowest BCUT2D eigenvalue weighted by atomic mass is 9.95. The number of hydrogen-bond donors (Lipinski definition) is 1. The van der Waals surface area contributed by atoms with E-state index in [4.69, 9.17) is 4.74 Å². The smallest absolute Gasteiger partial charge is 0.243 e. The fraction of sp³-hybridized carbons (Fsp3) is 0.280. The first kappa shape index (κ1) is 22.3. The van der Waals surface area contributed by atoms with Crippen LogP contribution >= 0.6 is 0 Å². The predicted molar refractivity (Wildman–Crippen MR) is 124 cm³/mol. The number of piperazine rings is 1. The number of aryl methyl sites for hydroxylation is 1. The summed E-state index contributed by atoms with van der Waals surface area (Å²) in [4.78, 5) is 2.50. The number of phenols is 1. The molecule has 1 saturated heterocycles. The number of methoxy groups -OCH3 is 1. The Hall–Kier alpha value is -2.87. The molecule has 0 amide bonds. The second-order valence-electron chi connectivity index (χ2n) is 7.99. The number of benzene rings is 3. The van der Waals surface area contributed by atoms with Crippen LogP contribution in [0.15, 0.2) is 77.7 Å². The molecule has 1 N–H and O–H groups in total. The maximum atomic E-state index is 13.1. The minimum absolute atomic E-state index is 0.150. The molecule has 32 heavy (non-hydrogen) atoms. The molecule has 0 aliphatic carbocycles. The quantitative estimate of drug-likeness (QED) is 0.616. The summed E-state index contributed by atoms with van der Waals surface area (Å²) >= 11 is 0. The maximum absolute atomic E-state index is 13.1. The van der Waals surface area contributed by atoms with Gasteiger partial charge in [0.25, 0.3) is 0 Å². The van der Waals surface area contributed by atoms with Crippen molar-refractivity contribution in [1.29, 1.82) is 0 Å². The zero-order valence-electron chi connectivity index (χ0n) is 18.3. The average Bonchev–Trinajstić information content (AvgIpc) is 2.82. The molecule has 1 fully saturated rings. The first-order valence-corrected chi connectivity index (χ1v) is 12.1. The molecule has 0 radical (unpaired) electrons. The Balaban J connectivity index is 1.57. The SMILES string of the molecule is COc1ccc(S(=O)(=O)N2CCN(C(c3ccc(C)cc3)c3ccccc3O)CC2)cc1. The second-order valence-corrected chi connectivity index (χ2v) is 9.93. The van der Waals surface area contributed by atoms with Crippen molar-refractivity contribution in [3.8, 4) is 11.5 Å². The van der Waals surface area contributed by atoms with E-state index in [2.05, 4.69) is 29.2 Å². The molecule has 6 nitrogen and oxygen atoms in total. The van der Waals surface area contributed by atoms with E-state index in [9.17, 15) is 13.5 Å². The molecule has 4 rings (SSSR count). The Labute approximate surface area is 189 Å². The Bertz CT molecular complexity index is 1150. The molecule has 1 aliphatic heterocycles. The van der Waals surface area contributed by atoms with Gasteiger partial charge in [-0.05, 0) is 42.8 Å². The highest BCUT2D eigenvalue weighted by Crippen LogP contribution is 2.35. The lowest BCUT2D eigenvalue weighted by Gasteiger charge is -2.39. The maximum Gasteiger partial charge on any atom is 0.243 e. The van der Waals surface area contributed by atoms with Gasteiger partial charge in [-0.15, -0.1) is 0 Å². The van der Waals surface area contributed by atoms with Gasteiger partial charge in [0.2, 0.25) is 10.0 Å². The minimum Gasteiger partial charge on any atom is -0.508 e. The first-order valence-electron chi connectivity index (χ1n) is 10.6. The standard InChI is InChI=1S/C25H28N2O4S/c1-19-7-9-20(10-8-19)25(23-5-3-4-6-24(23)28)26-15-17-27(18-16-26)32(29,30)22-13-11-21(31-2)12-14-22/h3-14,25,28H,15-18H2,1-2H3. The molecule has 0 aromatic heterocycles. The zero-order chi connectivity index (χ0) is 22.7.